The number of nitrogens with one attached hydrogen (secondary N) is 1. The third-order valence-electron chi connectivity index (χ3n) is 3.67. The highest BCUT2D eigenvalue weighted by Crippen LogP contribution is 2.23. The number of piperidine rings is 1. The average molecular weight is 298 g/mol. The second kappa shape index (κ2) is 6.90. The molecule has 1 N–H and O–H groups in total. The number of likely N-dealkylation sites (tertiary alicyclic amines) is 1. The largest absolute Gasteiger partial charge is 0.469 e. The first-order valence-corrected chi connectivity index (χ1v) is 7.15. The molecule has 2 rings (SSSR count). The van der Waals surface area contributed by atoms with E-state index in [1.807, 2.05) is 19.2 Å². The molecule has 1 fully saturated rings. The zero-order valence-electron chi connectivity index (χ0n) is 11.9. The zero-order valence-corrected chi connectivity index (χ0v) is 12.6. The van der Waals surface area contributed by atoms with Gasteiger partial charge in [0.25, 0.3) is 0 Å². The van der Waals surface area contributed by atoms with Gasteiger partial charge in [-0.25, -0.2) is 4.98 Å². The second-order valence-corrected chi connectivity index (χ2v) is 5.36. The van der Waals surface area contributed by atoms with Crippen molar-refractivity contribution in [3.8, 4) is 0 Å². The number of aromatic nitrogens is 1. The van der Waals surface area contributed by atoms with Crippen LogP contribution >= 0.6 is 11.6 Å². The Bertz CT molecular complexity index is 473. The molecule has 0 atom stereocenters. The fourth-order valence-electron chi connectivity index (χ4n) is 2.44. The molecule has 20 heavy (non-hydrogen) atoms. The van der Waals surface area contributed by atoms with E-state index < -0.39 is 0 Å². The van der Waals surface area contributed by atoms with Gasteiger partial charge in [-0.1, -0.05) is 11.6 Å². The Hall–Kier alpha value is -1.33. The summed E-state index contributed by atoms with van der Waals surface area (Å²) < 4.78 is 4.79. The van der Waals surface area contributed by atoms with E-state index in [0.29, 0.717) is 11.6 Å². The summed E-state index contributed by atoms with van der Waals surface area (Å²) in [5, 5.41) is 3.69. The van der Waals surface area contributed by atoms with Crippen molar-refractivity contribution in [3.63, 3.8) is 0 Å². The molecule has 0 amide bonds. The van der Waals surface area contributed by atoms with Crippen LogP contribution in [0.3, 0.4) is 0 Å². The normalized spacial score (nSPS) is 16.9. The van der Waals surface area contributed by atoms with Gasteiger partial charge in [0.15, 0.2) is 0 Å². The molecule has 6 heteroatoms. The fraction of sp³-hybridized carbons (Fsp3) is 0.571. The van der Waals surface area contributed by atoms with Crippen molar-refractivity contribution < 1.29 is 9.53 Å². The van der Waals surface area contributed by atoms with Crippen LogP contribution in [-0.2, 0) is 16.1 Å². The molecule has 1 aromatic rings. The number of pyridine rings is 1. The summed E-state index contributed by atoms with van der Waals surface area (Å²) in [4.78, 5) is 18.2. The van der Waals surface area contributed by atoms with Gasteiger partial charge in [0.05, 0.1) is 23.7 Å². The van der Waals surface area contributed by atoms with Crippen molar-refractivity contribution >= 4 is 23.4 Å². The molecule has 1 aliphatic heterocycles. The van der Waals surface area contributed by atoms with E-state index >= 15 is 0 Å². The number of hydrogen-bond donors (Lipinski definition) is 1. The lowest BCUT2D eigenvalue weighted by atomic mass is 9.97. The average Bonchev–Trinajstić information content (AvgIpc) is 2.49. The fourth-order valence-corrected chi connectivity index (χ4v) is 2.60. The van der Waals surface area contributed by atoms with Gasteiger partial charge in [0, 0.05) is 13.6 Å². The van der Waals surface area contributed by atoms with Gasteiger partial charge >= 0.3 is 5.97 Å². The topological polar surface area (TPSA) is 54.5 Å². The van der Waals surface area contributed by atoms with E-state index in [1.165, 1.54) is 7.11 Å². The number of carbonyl (C=O) groups is 1. The third-order valence-corrected chi connectivity index (χ3v) is 4.01. The maximum atomic E-state index is 11.5. The number of carbonyl (C=O) groups excluding carboxylic acids is 1. The van der Waals surface area contributed by atoms with Crippen LogP contribution in [0.2, 0.25) is 5.02 Å². The highest BCUT2D eigenvalue weighted by atomic mass is 35.5. The number of hydrogen-bond acceptors (Lipinski definition) is 5. The summed E-state index contributed by atoms with van der Waals surface area (Å²) in [6.07, 6.45) is 1.66. The highest BCUT2D eigenvalue weighted by Gasteiger charge is 2.26. The van der Waals surface area contributed by atoms with Crippen LogP contribution < -0.4 is 5.32 Å². The smallest absolute Gasteiger partial charge is 0.308 e. The number of anilines is 1. The van der Waals surface area contributed by atoms with Crippen LogP contribution in [0.4, 0.5) is 5.82 Å². The third kappa shape index (κ3) is 3.61. The maximum absolute atomic E-state index is 11.5. The molecule has 0 radical (unpaired) electrons. The minimum atomic E-state index is -0.0991. The first kappa shape index (κ1) is 15.1. The number of ether oxygens (including phenoxy) is 1. The molecule has 1 saturated heterocycles. The number of nitrogens with zero attached hydrogens (tertiary/aromatic N) is 2. The molecule has 0 aliphatic carbocycles. The summed E-state index contributed by atoms with van der Waals surface area (Å²) in [5.41, 5.74) is 0.870. The maximum Gasteiger partial charge on any atom is 0.308 e. The minimum absolute atomic E-state index is 0.0309. The van der Waals surface area contributed by atoms with Gasteiger partial charge in [-0.15, -0.1) is 0 Å². The summed E-state index contributed by atoms with van der Waals surface area (Å²) in [7, 11) is 3.28. The van der Waals surface area contributed by atoms with Crippen molar-refractivity contribution in [2.24, 2.45) is 5.92 Å². The molecule has 0 unspecified atom stereocenters. The van der Waals surface area contributed by atoms with Crippen molar-refractivity contribution in [2.45, 2.75) is 19.4 Å². The first-order valence-electron chi connectivity index (χ1n) is 6.77. The summed E-state index contributed by atoms with van der Waals surface area (Å²) in [6.45, 7) is 2.44. The van der Waals surface area contributed by atoms with Gasteiger partial charge in [0.1, 0.15) is 5.82 Å². The molecule has 0 aromatic carbocycles. The lowest BCUT2D eigenvalue weighted by molar-refractivity contribution is -0.147. The van der Waals surface area contributed by atoms with Gasteiger partial charge in [0.2, 0.25) is 0 Å². The Morgan fingerprint density at radius 1 is 1.50 bits per heavy atom. The SMILES string of the molecule is CNc1ccc(Cl)c(CN2CCC(C(=O)OC)CC2)n1. The quantitative estimate of drug-likeness (QED) is 0.863. The Morgan fingerprint density at radius 2 is 2.20 bits per heavy atom. The van der Waals surface area contributed by atoms with Gasteiger partial charge in [-0.2, -0.15) is 0 Å². The van der Waals surface area contributed by atoms with Crippen LogP contribution in [0, 0.1) is 5.92 Å². The van der Waals surface area contributed by atoms with E-state index in [-0.39, 0.29) is 11.9 Å². The molecular formula is C14H20ClN3O2. The number of halogens is 1. The summed E-state index contributed by atoms with van der Waals surface area (Å²) >= 11 is 6.18. The van der Waals surface area contributed by atoms with Gasteiger partial charge in [-0.05, 0) is 38.1 Å². The molecule has 0 saturated carbocycles. The van der Waals surface area contributed by atoms with E-state index in [9.17, 15) is 4.79 Å². The van der Waals surface area contributed by atoms with Crippen LogP contribution in [0.1, 0.15) is 18.5 Å². The lowest BCUT2D eigenvalue weighted by Crippen LogP contribution is -2.36. The second-order valence-electron chi connectivity index (χ2n) is 4.95. The first-order chi connectivity index (χ1) is 9.63. The number of esters is 1. The van der Waals surface area contributed by atoms with E-state index in [1.54, 1.807) is 0 Å². The molecule has 2 heterocycles. The van der Waals surface area contributed by atoms with Crippen molar-refractivity contribution in [1.29, 1.82) is 0 Å². The number of methoxy groups -OCH3 is 1. The highest BCUT2D eigenvalue weighted by molar-refractivity contribution is 6.31. The predicted octanol–water partition coefficient (Wildman–Crippen LogP) is 2.16. The Kier molecular flexibility index (Phi) is 5.20. The van der Waals surface area contributed by atoms with E-state index in [2.05, 4.69) is 15.2 Å². The van der Waals surface area contributed by atoms with E-state index in [0.717, 1.165) is 37.4 Å². The molecule has 0 bridgehead atoms. The van der Waals surface area contributed by atoms with Crippen LogP contribution in [0.5, 0.6) is 0 Å². The zero-order chi connectivity index (χ0) is 14.5. The van der Waals surface area contributed by atoms with Gasteiger partial charge < -0.3 is 10.1 Å². The summed E-state index contributed by atoms with van der Waals surface area (Å²) in [6, 6.07) is 3.71. The monoisotopic (exact) mass is 297 g/mol. The van der Waals surface area contributed by atoms with Crippen LogP contribution in [-0.4, -0.2) is 43.1 Å². The molecule has 1 aromatic heterocycles. The molecular weight excluding hydrogens is 278 g/mol. The van der Waals surface area contributed by atoms with Crippen molar-refractivity contribution in [2.75, 3.05) is 32.6 Å². The lowest BCUT2D eigenvalue weighted by Gasteiger charge is -2.30. The van der Waals surface area contributed by atoms with Gasteiger partial charge in [-0.3, -0.25) is 9.69 Å². The van der Waals surface area contributed by atoms with Crippen molar-refractivity contribution in [1.82, 2.24) is 9.88 Å². The molecule has 110 valence electrons. The Balaban J connectivity index is 1.94. The number of rotatable bonds is 4. The Morgan fingerprint density at radius 3 is 2.80 bits per heavy atom. The molecule has 5 nitrogen and oxygen atoms in total. The standard InChI is InChI=1S/C14H20ClN3O2/c1-16-13-4-3-11(15)12(17-13)9-18-7-5-10(6-8-18)14(19)20-2/h3-4,10H,5-9H2,1-2H3,(H,16,17). The van der Waals surface area contributed by atoms with Crippen molar-refractivity contribution in [3.05, 3.63) is 22.8 Å². The van der Waals surface area contributed by atoms with Crippen LogP contribution in [0.15, 0.2) is 12.1 Å². The molecule has 1 aliphatic rings. The van der Waals surface area contributed by atoms with Crippen LogP contribution in [0.25, 0.3) is 0 Å². The minimum Gasteiger partial charge on any atom is -0.469 e. The van der Waals surface area contributed by atoms with E-state index in [4.69, 9.17) is 16.3 Å². The Labute approximate surface area is 124 Å². The predicted molar refractivity (Wildman–Crippen MR) is 78.8 cm³/mol. The summed E-state index contributed by atoms with van der Waals surface area (Å²) in [5.74, 6) is 0.746. The molecule has 0 spiro atoms.